The molecule has 7 heteroatoms. The molecule has 3 N–H and O–H groups in total. The molecule has 2 aromatic rings. The van der Waals surface area contributed by atoms with Crippen LogP contribution in [-0.4, -0.2) is 52.1 Å². The first kappa shape index (κ1) is 23.2. The van der Waals surface area contributed by atoms with Crippen LogP contribution in [0.25, 0.3) is 11.1 Å². The van der Waals surface area contributed by atoms with Crippen molar-refractivity contribution >= 4 is 17.4 Å². The Morgan fingerprint density at radius 2 is 2.09 bits per heavy atom. The molecule has 0 radical (unpaired) electrons. The average molecular weight is 449 g/mol. The molecule has 1 amide bonds. The number of nitrogens with one attached hydrogen (secondary N) is 1. The average Bonchev–Trinajstić information content (AvgIpc) is 3.54. The summed E-state index contributed by atoms with van der Waals surface area (Å²) in [7, 11) is 1.93. The highest BCUT2D eigenvalue weighted by Crippen LogP contribution is 2.44. The van der Waals surface area contributed by atoms with Gasteiger partial charge in [0.25, 0.3) is 0 Å². The third-order valence-corrected chi connectivity index (χ3v) is 6.88. The SMILES string of the molecule is C=C(CN(CCC(C)N)C(C)=O)C(=N)N1CC(C2CC2)Cc2cc(-c3cnn(C)c3)ccc21. The molecule has 1 saturated carbocycles. The van der Waals surface area contributed by atoms with Crippen LogP contribution in [0.1, 0.15) is 38.7 Å². The molecule has 0 saturated heterocycles. The summed E-state index contributed by atoms with van der Waals surface area (Å²) in [5.74, 6) is 1.67. The van der Waals surface area contributed by atoms with E-state index in [1.165, 1.54) is 18.4 Å². The largest absolute Gasteiger partial charge is 0.338 e. The Bertz CT molecular complexity index is 1050. The van der Waals surface area contributed by atoms with Gasteiger partial charge in [0.05, 0.1) is 6.20 Å². The number of anilines is 1. The molecule has 0 spiro atoms. The van der Waals surface area contributed by atoms with E-state index >= 15 is 0 Å². The topological polar surface area (TPSA) is 91.2 Å². The Balaban J connectivity index is 1.56. The molecule has 1 aliphatic carbocycles. The Morgan fingerprint density at radius 1 is 1.33 bits per heavy atom. The fourth-order valence-corrected chi connectivity index (χ4v) is 4.74. The summed E-state index contributed by atoms with van der Waals surface area (Å²) in [5.41, 5.74) is 11.2. The number of aryl methyl sites for hydroxylation is 1. The van der Waals surface area contributed by atoms with Crippen molar-refractivity contribution in [2.75, 3.05) is 24.5 Å². The number of benzene rings is 1. The zero-order valence-corrected chi connectivity index (χ0v) is 20.1. The number of fused-ring (bicyclic) bond motifs is 1. The lowest BCUT2D eigenvalue weighted by molar-refractivity contribution is -0.128. The van der Waals surface area contributed by atoms with E-state index in [0.717, 1.165) is 42.1 Å². The lowest BCUT2D eigenvalue weighted by atomic mass is 9.87. The van der Waals surface area contributed by atoms with Crippen molar-refractivity contribution in [2.45, 2.75) is 45.6 Å². The number of nitrogens with zero attached hydrogens (tertiary/aromatic N) is 4. The number of amides is 1. The minimum atomic E-state index is -0.0133. The van der Waals surface area contributed by atoms with Gasteiger partial charge in [-0.2, -0.15) is 5.10 Å². The van der Waals surface area contributed by atoms with Gasteiger partial charge in [0.1, 0.15) is 5.84 Å². The van der Waals surface area contributed by atoms with E-state index in [1.54, 1.807) is 11.8 Å². The van der Waals surface area contributed by atoms with Crippen molar-refractivity contribution in [2.24, 2.45) is 24.6 Å². The zero-order chi connectivity index (χ0) is 23.7. The van der Waals surface area contributed by atoms with E-state index < -0.39 is 0 Å². The molecule has 33 heavy (non-hydrogen) atoms. The van der Waals surface area contributed by atoms with Gasteiger partial charge >= 0.3 is 0 Å². The molecule has 1 aromatic carbocycles. The van der Waals surface area contributed by atoms with Gasteiger partial charge in [0.15, 0.2) is 0 Å². The van der Waals surface area contributed by atoms with Gasteiger partial charge in [-0.3, -0.25) is 14.9 Å². The molecule has 1 aliphatic heterocycles. The second kappa shape index (κ2) is 9.51. The van der Waals surface area contributed by atoms with Crippen LogP contribution >= 0.6 is 0 Å². The van der Waals surface area contributed by atoms with Crippen LogP contribution < -0.4 is 10.6 Å². The third kappa shape index (κ3) is 5.36. The van der Waals surface area contributed by atoms with E-state index in [1.807, 2.05) is 31.0 Å². The van der Waals surface area contributed by atoms with Crippen LogP contribution in [0.2, 0.25) is 0 Å². The van der Waals surface area contributed by atoms with Gasteiger partial charge in [0.2, 0.25) is 5.91 Å². The molecule has 2 heterocycles. The molecule has 176 valence electrons. The van der Waals surface area contributed by atoms with Gasteiger partial charge in [-0.15, -0.1) is 0 Å². The molecule has 7 nitrogen and oxygen atoms in total. The summed E-state index contributed by atoms with van der Waals surface area (Å²) in [6, 6.07) is 6.53. The number of hydrogen-bond acceptors (Lipinski definition) is 4. The summed E-state index contributed by atoms with van der Waals surface area (Å²) in [6.07, 6.45) is 8.25. The minimum Gasteiger partial charge on any atom is -0.338 e. The van der Waals surface area contributed by atoms with Crippen LogP contribution in [0, 0.1) is 17.2 Å². The molecule has 2 unspecified atom stereocenters. The highest BCUT2D eigenvalue weighted by Gasteiger charge is 2.37. The maximum Gasteiger partial charge on any atom is 0.219 e. The molecular weight excluding hydrogens is 412 g/mol. The normalized spacial score (nSPS) is 18.5. The van der Waals surface area contributed by atoms with E-state index in [2.05, 4.69) is 34.8 Å². The smallest absolute Gasteiger partial charge is 0.219 e. The lowest BCUT2D eigenvalue weighted by Crippen LogP contribution is -2.43. The minimum absolute atomic E-state index is 0.0133. The van der Waals surface area contributed by atoms with Gasteiger partial charge in [-0.05, 0) is 67.7 Å². The molecule has 1 fully saturated rings. The monoisotopic (exact) mass is 448 g/mol. The Morgan fingerprint density at radius 3 is 2.70 bits per heavy atom. The van der Waals surface area contributed by atoms with Crippen molar-refractivity contribution in [1.29, 1.82) is 5.41 Å². The first-order valence-corrected chi connectivity index (χ1v) is 11.9. The number of carbonyl (C=O) groups is 1. The number of hydrogen-bond donors (Lipinski definition) is 2. The highest BCUT2D eigenvalue weighted by atomic mass is 16.2. The number of carbonyl (C=O) groups excluding carboxylic acids is 1. The van der Waals surface area contributed by atoms with Crippen molar-refractivity contribution in [3.05, 3.63) is 48.3 Å². The molecule has 0 bridgehead atoms. The predicted molar refractivity (Wildman–Crippen MR) is 133 cm³/mol. The fourth-order valence-electron chi connectivity index (χ4n) is 4.74. The first-order valence-electron chi connectivity index (χ1n) is 11.9. The number of nitrogens with two attached hydrogens (primary N) is 1. The van der Waals surface area contributed by atoms with E-state index in [9.17, 15) is 4.79 Å². The third-order valence-electron chi connectivity index (χ3n) is 6.88. The van der Waals surface area contributed by atoms with E-state index in [-0.39, 0.29) is 11.9 Å². The Labute approximate surface area is 196 Å². The molecule has 1 aromatic heterocycles. The van der Waals surface area contributed by atoms with Crippen LogP contribution in [0.4, 0.5) is 5.69 Å². The molecular formula is C26H36N6O. The van der Waals surface area contributed by atoms with Crippen molar-refractivity contribution in [3.8, 4) is 11.1 Å². The van der Waals surface area contributed by atoms with Crippen LogP contribution in [0.3, 0.4) is 0 Å². The Kier molecular flexibility index (Phi) is 6.70. The van der Waals surface area contributed by atoms with E-state index in [4.69, 9.17) is 11.1 Å². The summed E-state index contributed by atoms with van der Waals surface area (Å²) in [5, 5.41) is 13.3. The summed E-state index contributed by atoms with van der Waals surface area (Å²) in [6.45, 7) is 9.48. The summed E-state index contributed by atoms with van der Waals surface area (Å²) < 4.78 is 1.82. The summed E-state index contributed by atoms with van der Waals surface area (Å²) >= 11 is 0. The highest BCUT2D eigenvalue weighted by molar-refractivity contribution is 6.08. The molecule has 2 aliphatic rings. The molecule has 4 rings (SSSR count). The van der Waals surface area contributed by atoms with Crippen molar-refractivity contribution in [1.82, 2.24) is 14.7 Å². The van der Waals surface area contributed by atoms with E-state index in [0.29, 0.717) is 30.4 Å². The van der Waals surface area contributed by atoms with Crippen molar-refractivity contribution < 1.29 is 4.79 Å². The van der Waals surface area contributed by atoms with Gasteiger partial charge < -0.3 is 15.5 Å². The molecule has 2 atom stereocenters. The second-order valence-electron chi connectivity index (χ2n) is 9.82. The lowest BCUT2D eigenvalue weighted by Gasteiger charge is -2.37. The number of aromatic nitrogens is 2. The summed E-state index contributed by atoms with van der Waals surface area (Å²) in [4.78, 5) is 16.0. The fraction of sp³-hybridized carbons (Fsp3) is 0.500. The van der Waals surface area contributed by atoms with Gasteiger partial charge in [0, 0.05) is 62.7 Å². The van der Waals surface area contributed by atoms with Crippen LogP contribution in [0.5, 0.6) is 0 Å². The maximum atomic E-state index is 12.2. The number of rotatable bonds is 8. The maximum absolute atomic E-state index is 12.2. The van der Waals surface area contributed by atoms with Crippen molar-refractivity contribution in [3.63, 3.8) is 0 Å². The number of amidine groups is 1. The predicted octanol–water partition coefficient (Wildman–Crippen LogP) is 3.60. The van der Waals surface area contributed by atoms with Gasteiger partial charge in [-0.1, -0.05) is 12.6 Å². The quantitative estimate of drug-likeness (QED) is 0.477. The zero-order valence-electron chi connectivity index (χ0n) is 20.1. The van der Waals surface area contributed by atoms with Gasteiger partial charge in [-0.25, -0.2) is 0 Å². The Hall–Kier alpha value is -2.93. The second-order valence-corrected chi connectivity index (χ2v) is 9.82. The standard InChI is InChI=1S/C26H36N6O/c1-17(14-31(19(3)33)10-9-18(2)27)26(28)32-16-23(20-5-6-20)12-22-11-21(7-8-25(22)32)24-13-29-30(4)15-24/h7-8,11,13,15,18,20,23,28H,1,5-6,9-10,12,14,16,27H2,2-4H3. The van der Waals surface area contributed by atoms with Crippen LogP contribution in [-0.2, 0) is 18.3 Å². The first-order chi connectivity index (χ1) is 15.7. The van der Waals surface area contributed by atoms with Crippen LogP contribution in [0.15, 0.2) is 42.7 Å².